The number of fused-ring (bicyclic) bond motifs is 3. The van der Waals surface area contributed by atoms with Crippen molar-refractivity contribution in [2.24, 2.45) is 0 Å². The van der Waals surface area contributed by atoms with Crippen LogP contribution in [-0.4, -0.2) is 36.9 Å². The summed E-state index contributed by atoms with van der Waals surface area (Å²) in [6.45, 7) is 0.763. The molecule has 3 aromatic carbocycles. The summed E-state index contributed by atoms with van der Waals surface area (Å²) in [5.74, 6) is 0.673. The van der Waals surface area contributed by atoms with Crippen LogP contribution in [0.3, 0.4) is 0 Å². The molecular formula is C26H24N2O4. The maximum Gasteiger partial charge on any atom is 0.257 e. The van der Waals surface area contributed by atoms with Crippen LogP contribution in [0.15, 0.2) is 66.7 Å². The van der Waals surface area contributed by atoms with Crippen molar-refractivity contribution >= 4 is 17.5 Å². The Hall–Kier alpha value is -3.80. The molecule has 6 heteroatoms. The van der Waals surface area contributed by atoms with Crippen LogP contribution in [0.4, 0.5) is 5.69 Å². The number of amides is 2. The Labute approximate surface area is 187 Å². The summed E-state index contributed by atoms with van der Waals surface area (Å²) >= 11 is 0. The number of hydrogen-bond acceptors (Lipinski definition) is 4. The number of hydrogen-bond donors (Lipinski definition) is 0. The number of carbonyl (C=O) groups is 2. The molecule has 32 heavy (non-hydrogen) atoms. The number of methoxy groups -OCH3 is 1. The van der Waals surface area contributed by atoms with Crippen LogP contribution < -0.4 is 14.4 Å². The summed E-state index contributed by atoms with van der Waals surface area (Å²) in [5, 5.41) is 0. The van der Waals surface area contributed by atoms with Crippen LogP contribution in [0.25, 0.3) is 0 Å². The lowest BCUT2D eigenvalue weighted by atomic mass is 9.93. The molecule has 162 valence electrons. The molecule has 3 aromatic rings. The van der Waals surface area contributed by atoms with E-state index in [1.54, 1.807) is 36.1 Å². The molecule has 2 heterocycles. The zero-order valence-electron chi connectivity index (χ0n) is 18.1. The van der Waals surface area contributed by atoms with Gasteiger partial charge >= 0.3 is 0 Å². The molecule has 0 spiro atoms. The predicted octanol–water partition coefficient (Wildman–Crippen LogP) is 3.82. The summed E-state index contributed by atoms with van der Waals surface area (Å²) in [7, 11) is 3.26. The zero-order chi connectivity index (χ0) is 22.2. The van der Waals surface area contributed by atoms with E-state index in [4.69, 9.17) is 9.47 Å². The van der Waals surface area contributed by atoms with E-state index in [0.29, 0.717) is 42.3 Å². The van der Waals surface area contributed by atoms with Crippen molar-refractivity contribution in [2.45, 2.75) is 25.6 Å². The van der Waals surface area contributed by atoms with Crippen LogP contribution in [0.1, 0.15) is 27.0 Å². The van der Waals surface area contributed by atoms with Gasteiger partial charge in [0.25, 0.3) is 5.91 Å². The van der Waals surface area contributed by atoms with Gasteiger partial charge in [-0.3, -0.25) is 9.59 Å². The van der Waals surface area contributed by atoms with E-state index in [1.165, 1.54) is 0 Å². The first-order valence-electron chi connectivity index (χ1n) is 10.6. The Balaban J connectivity index is 1.53. The topological polar surface area (TPSA) is 59.1 Å². The molecule has 0 saturated heterocycles. The van der Waals surface area contributed by atoms with Crippen LogP contribution >= 0.6 is 0 Å². The van der Waals surface area contributed by atoms with Gasteiger partial charge in [0, 0.05) is 26.1 Å². The third-order valence-electron chi connectivity index (χ3n) is 6.24. The molecule has 0 saturated carbocycles. The average molecular weight is 428 g/mol. The first kappa shape index (κ1) is 20.1. The summed E-state index contributed by atoms with van der Waals surface area (Å²) in [6.07, 6.45) is 0.508. The van der Waals surface area contributed by atoms with E-state index in [0.717, 1.165) is 16.7 Å². The minimum absolute atomic E-state index is 0.106. The van der Waals surface area contributed by atoms with Crippen LogP contribution in [-0.2, 0) is 24.4 Å². The van der Waals surface area contributed by atoms with Crippen LogP contribution in [0.2, 0.25) is 0 Å². The first-order valence-corrected chi connectivity index (χ1v) is 10.6. The number of ether oxygens (including phenoxy) is 2. The second-order valence-corrected chi connectivity index (χ2v) is 8.11. The Morgan fingerprint density at radius 1 is 0.938 bits per heavy atom. The molecule has 0 unspecified atom stereocenters. The minimum atomic E-state index is -0.533. The Kier molecular flexibility index (Phi) is 5.05. The summed E-state index contributed by atoms with van der Waals surface area (Å²) < 4.78 is 11.6. The molecule has 5 rings (SSSR count). The lowest BCUT2D eigenvalue weighted by Gasteiger charge is -2.35. The van der Waals surface area contributed by atoms with Crippen molar-refractivity contribution < 1.29 is 19.1 Å². The van der Waals surface area contributed by atoms with Gasteiger partial charge < -0.3 is 19.3 Å². The molecule has 6 nitrogen and oxygen atoms in total. The SMILES string of the molecule is COc1cc2c(cc1OCc1ccccc1)N(C)C(=O)[C@@H]1Cc3ccccc3CN1C2=O. The van der Waals surface area contributed by atoms with E-state index >= 15 is 0 Å². The van der Waals surface area contributed by atoms with Crippen molar-refractivity contribution in [3.05, 3.63) is 89.0 Å². The van der Waals surface area contributed by atoms with Gasteiger partial charge in [-0.15, -0.1) is 0 Å². The van der Waals surface area contributed by atoms with Crippen LogP contribution in [0, 0.1) is 0 Å². The second kappa shape index (κ2) is 8.04. The third kappa shape index (κ3) is 3.38. The monoisotopic (exact) mass is 428 g/mol. The van der Waals surface area contributed by atoms with Gasteiger partial charge in [-0.05, 0) is 22.8 Å². The summed E-state index contributed by atoms with van der Waals surface area (Å²) in [5.41, 5.74) is 4.17. The average Bonchev–Trinajstić information content (AvgIpc) is 2.91. The van der Waals surface area contributed by atoms with Gasteiger partial charge in [0.1, 0.15) is 12.6 Å². The largest absolute Gasteiger partial charge is 0.493 e. The van der Waals surface area contributed by atoms with E-state index in [1.807, 2.05) is 54.6 Å². The number of nitrogens with zero attached hydrogens (tertiary/aromatic N) is 2. The highest BCUT2D eigenvalue weighted by Gasteiger charge is 2.41. The molecule has 2 amide bonds. The highest BCUT2D eigenvalue weighted by atomic mass is 16.5. The fraction of sp³-hybridized carbons (Fsp3) is 0.231. The normalized spacial score (nSPS) is 17.2. The van der Waals surface area contributed by atoms with Gasteiger partial charge in [0.15, 0.2) is 11.5 Å². The molecule has 1 atom stereocenters. The predicted molar refractivity (Wildman–Crippen MR) is 121 cm³/mol. The second-order valence-electron chi connectivity index (χ2n) is 8.11. The molecule has 0 N–H and O–H groups in total. The Bertz CT molecular complexity index is 1190. The maximum atomic E-state index is 13.6. The van der Waals surface area contributed by atoms with E-state index < -0.39 is 6.04 Å². The highest BCUT2D eigenvalue weighted by Crippen LogP contribution is 2.39. The van der Waals surface area contributed by atoms with Gasteiger partial charge in [0.05, 0.1) is 18.4 Å². The summed E-state index contributed by atoms with van der Waals surface area (Å²) in [4.78, 5) is 30.2. The molecule has 2 aliphatic heterocycles. The van der Waals surface area contributed by atoms with Crippen molar-refractivity contribution in [3.63, 3.8) is 0 Å². The van der Waals surface area contributed by atoms with Gasteiger partial charge in [0.2, 0.25) is 5.91 Å². The molecule has 2 aliphatic rings. The summed E-state index contributed by atoms with van der Waals surface area (Å²) in [6, 6.07) is 20.7. The number of rotatable bonds is 4. The molecule has 0 bridgehead atoms. The van der Waals surface area contributed by atoms with E-state index in [-0.39, 0.29) is 11.8 Å². The fourth-order valence-corrected chi connectivity index (χ4v) is 4.46. The first-order chi connectivity index (χ1) is 15.6. The lowest BCUT2D eigenvalue weighted by Crippen LogP contribution is -2.50. The number of anilines is 1. The van der Waals surface area contributed by atoms with Crippen molar-refractivity contribution in [3.8, 4) is 11.5 Å². The Morgan fingerprint density at radius 3 is 2.41 bits per heavy atom. The van der Waals surface area contributed by atoms with Gasteiger partial charge in [-0.2, -0.15) is 0 Å². The van der Waals surface area contributed by atoms with Crippen molar-refractivity contribution in [1.82, 2.24) is 4.90 Å². The molecule has 0 radical (unpaired) electrons. The maximum absolute atomic E-state index is 13.6. The van der Waals surface area contributed by atoms with Gasteiger partial charge in [-0.1, -0.05) is 54.6 Å². The number of carbonyl (C=O) groups excluding carboxylic acids is 2. The van der Waals surface area contributed by atoms with Crippen molar-refractivity contribution in [1.29, 1.82) is 0 Å². The molecule has 0 aliphatic carbocycles. The third-order valence-corrected chi connectivity index (χ3v) is 6.24. The number of benzene rings is 3. The standard InChI is InChI=1S/C26H24N2O4/c1-27-21-14-24(32-16-17-8-4-3-5-9-17)23(31-2)13-20(21)25(29)28-15-19-11-7-6-10-18(19)12-22(28)26(27)30/h3-11,13-14,22H,12,15-16H2,1-2H3/t22-/m0/s1. The molecular weight excluding hydrogens is 404 g/mol. The van der Waals surface area contributed by atoms with Gasteiger partial charge in [-0.25, -0.2) is 0 Å². The van der Waals surface area contributed by atoms with E-state index in [9.17, 15) is 9.59 Å². The highest BCUT2D eigenvalue weighted by molar-refractivity contribution is 6.11. The van der Waals surface area contributed by atoms with Crippen molar-refractivity contribution in [2.75, 3.05) is 19.1 Å². The smallest absolute Gasteiger partial charge is 0.257 e. The Morgan fingerprint density at radius 2 is 1.66 bits per heavy atom. The molecule has 0 aromatic heterocycles. The van der Waals surface area contributed by atoms with Crippen LogP contribution in [0.5, 0.6) is 11.5 Å². The fourth-order valence-electron chi connectivity index (χ4n) is 4.46. The lowest BCUT2D eigenvalue weighted by molar-refractivity contribution is -0.123. The molecule has 0 fully saturated rings. The minimum Gasteiger partial charge on any atom is -0.493 e. The zero-order valence-corrected chi connectivity index (χ0v) is 18.1. The number of likely N-dealkylation sites (N-methyl/N-ethyl adjacent to an activating group) is 1. The quantitative estimate of drug-likeness (QED) is 0.634. The van der Waals surface area contributed by atoms with E-state index in [2.05, 4.69) is 0 Å².